The van der Waals surface area contributed by atoms with Crippen molar-refractivity contribution in [1.29, 1.82) is 0 Å². The zero-order valence-electron chi connectivity index (χ0n) is 13.0. The van der Waals surface area contributed by atoms with E-state index in [0.717, 1.165) is 23.3 Å². The number of allylic oxidation sites excluding steroid dienone is 2. The number of rotatable bonds is 1. The molecule has 2 aromatic rings. The van der Waals surface area contributed by atoms with Crippen molar-refractivity contribution in [3.05, 3.63) is 52.4 Å². The maximum Gasteiger partial charge on any atom is 0.226 e. The minimum Gasteiger partial charge on any atom is -0.328 e. The quantitative estimate of drug-likeness (QED) is 0.869. The molecule has 2 heterocycles. The lowest BCUT2D eigenvalue weighted by molar-refractivity contribution is -0.118. The molecule has 0 saturated carbocycles. The van der Waals surface area contributed by atoms with E-state index >= 15 is 0 Å². The minimum atomic E-state index is -0.246. The van der Waals surface area contributed by atoms with Crippen LogP contribution in [0.15, 0.2) is 41.9 Å². The van der Waals surface area contributed by atoms with Crippen molar-refractivity contribution in [2.75, 3.05) is 5.32 Å². The van der Waals surface area contributed by atoms with Gasteiger partial charge in [-0.05, 0) is 29.5 Å². The number of anilines is 1. The van der Waals surface area contributed by atoms with Crippen LogP contribution in [0.3, 0.4) is 0 Å². The smallest absolute Gasteiger partial charge is 0.226 e. The van der Waals surface area contributed by atoms with Gasteiger partial charge in [-0.15, -0.1) is 0 Å². The number of aromatic nitrogens is 3. The molecule has 1 aromatic heterocycles. The monoisotopic (exact) mass is 328 g/mol. The van der Waals surface area contributed by atoms with Gasteiger partial charge in [0.1, 0.15) is 12.4 Å². The second-order valence-corrected chi connectivity index (χ2v) is 7.38. The van der Waals surface area contributed by atoms with E-state index in [9.17, 15) is 4.79 Å². The summed E-state index contributed by atoms with van der Waals surface area (Å²) in [5.74, 6) is 0.846. The zero-order chi connectivity index (χ0) is 16.2. The van der Waals surface area contributed by atoms with Crippen molar-refractivity contribution < 1.29 is 4.79 Å². The van der Waals surface area contributed by atoms with Crippen LogP contribution in [-0.2, 0) is 4.79 Å². The van der Waals surface area contributed by atoms with E-state index in [1.807, 2.05) is 24.3 Å². The Labute approximate surface area is 139 Å². The molecule has 1 atom stereocenters. The topological polar surface area (TPSA) is 59.8 Å². The Morgan fingerprint density at radius 3 is 2.74 bits per heavy atom. The van der Waals surface area contributed by atoms with E-state index in [1.54, 1.807) is 4.68 Å². The van der Waals surface area contributed by atoms with Gasteiger partial charge < -0.3 is 5.32 Å². The van der Waals surface area contributed by atoms with Gasteiger partial charge in [0.2, 0.25) is 5.95 Å². The Hall–Kier alpha value is -2.14. The predicted octanol–water partition coefficient (Wildman–Crippen LogP) is 3.59. The summed E-state index contributed by atoms with van der Waals surface area (Å²) >= 11 is 6.01. The van der Waals surface area contributed by atoms with E-state index in [-0.39, 0.29) is 17.2 Å². The van der Waals surface area contributed by atoms with E-state index in [0.29, 0.717) is 17.4 Å². The highest BCUT2D eigenvalue weighted by atomic mass is 35.5. The molecule has 5 nitrogen and oxygen atoms in total. The molecular weight excluding hydrogens is 312 g/mol. The van der Waals surface area contributed by atoms with Crippen LogP contribution in [0, 0.1) is 5.41 Å². The normalized spacial score (nSPS) is 22.4. The molecule has 1 aromatic carbocycles. The van der Waals surface area contributed by atoms with Gasteiger partial charge in [-0.25, -0.2) is 4.68 Å². The molecule has 0 radical (unpaired) electrons. The Morgan fingerprint density at radius 1 is 1.26 bits per heavy atom. The zero-order valence-corrected chi connectivity index (χ0v) is 13.8. The van der Waals surface area contributed by atoms with E-state index in [4.69, 9.17) is 11.6 Å². The number of nitrogens with one attached hydrogen (secondary N) is 1. The number of benzene rings is 1. The number of hydrogen-bond acceptors (Lipinski definition) is 4. The molecule has 0 bridgehead atoms. The second kappa shape index (κ2) is 4.93. The first kappa shape index (κ1) is 14.5. The summed E-state index contributed by atoms with van der Waals surface area (Å²) in [6.45, 7) is 4.24. The lowest BCUT2D eigenvalue weighted by Gasteiger charge is -2.38. The van der Waals surface area contributed by atoms with Gasteiger partial charge in [-0.3, -0.25) is 4.79 Å². The van der Waals surface area contributed by atoms with Crippen LogP contribution < -0.4 is 5.32 Å². The molecule has 4 rings (SSSR count). The number of halogens is 1. The molecule has 118 valence electrons. The fraction of sp³-hybridized carbons (Fsp3) is 0.353. The Morgan fingerprint density at radius 2 is 2.00 bits per heavy atom. The van der Waals surface area contributed by atoms with Crippen LogP contribution in [-0.4, -0.2) is 20.5 Å². The third kappa shape index (κ3) is 2.36. The van der Waals surface area contributed by atoms with Crippen molar-refractivity contribution in [2.45, 2.75) is 32.7 Å². The van der Waals surface area contributed by atoms with Gasteiger partial charge in [-0.2, -0.15) is 10.1 Å². The van der Waals surface area contributed by atoms with Crippen LogP contribution in [0.5, 0.6) is 0 Å². The lowest BCUT2D eigenvalue weighted by Crippen LogP contribution is -2.36. The molecule has 0 spiro atoms. The minimum absolute atomic E-state index is 0.0460. The van der Waals surface area contributed by atoms with Crippen molar-refractivity contribution in [2.24, 2.45) is 5.41 Å². The molecule has 0 amide bonds. The number of nitrogens with zero attached hydrogens (tertiary/aromatic N) is 3. The van der Waals surface area contributed by atoms with Gasteiger partial charge in [0.05, 0.1) is 0 Å². The molecule has 0 fully saturated rings. The fourth-order valence-corrected chi connectivity index (χ4v) is 3.63. The maximum atomic E-state index is 12.8. The molecule has 1 aliphatic heterocycles. The van der Waals surface area contributed by atoms with Crippen LogP contribution in [0.25, 0.3) is 0 Å². The van der Waals surface area contributed by atoms with Crippen molar-refractivity contribution >= 4 is 23.3 Å². The fourth-order valence-electron chi connectivity index (χ4n) is 3.50. The molecule has 23 heavy (non-hydrogen) atoms. The largest absolute Gasteiger partial charge is 0.328 e. The second-order valence-electron chi connectivity index (χ2n) is 6.94. The summed E-state index contributed by atoms with van der Waals surface area (Å²) in [4.78, 5) is 17.1. The Bertz CT molecular complexity index is 819. The summed E-state index contributed by atoms with van der Waals surface area (Å²) in [5.41, 5.74) is 2.70. The van der Waals surface area contributed by atoms with Crippen LogP contribution in [0.1, 0.15) is 38.3 Å². The number of ketones is 1. The standard InChI is InChI=1S/C17H17ClN4O/c1-17(2)7-12-14(13(23)8-17)15(10-3-5-11(18)6-4-10)22-16(21-12)19-9-20-22/h3-6,9,15H,7-8H2,1-2H3,(H,19,20,21)/t15-/m0/s1. The molecule has 0 saturated heterocycles. The summed E-state index contributed by atoms with van der Waals surface area (Å²) in [7, 11) is 0. The molecule has 6 heteroatoms. The van der Waals surface area contributed by atoms with Gasteiger partial charge in [0, 0.05) is 22.7 Å². The average molecular weight is 329 g/mol. The highest BCUT2D eigenvalue weighted by molar-refractivity contribution is 6.30. The summed E-state index contributed by atoms with van der Waals surface area (Å²) < 4.78 is 1.78. The van der Waals surface area contributed by atoms with Crippen LogP contribution >= 0.6 is 11.6 Å². The van der Waals surface area contributed by atoms with Gasteiger partial charge in [0.15, 0.2) is 5.78 Å². The van der Waals surface area contributed by atoms with Crippen molar-refractivity contribution in [1.82, 2.24) is 14.8 Å². The molecule has 1 aliphatic carbocycles. The highest BCUT2D eigenvalue weighted by Crippen LogP contribution is 2.45. The summed E-state index contributed by atoms with van der Waals surface area (Å²) in [6.07, 6.45) is 2.88. The average Bonchev–Trinajstić information content (AvgIpc) is 2.92. The number of carbonyl (C=O) groups excluding carboxylic acids is 1. The van der Waals surface area contributed by atoms with Gasteiger partial charge in [-0.1, -0.05) is 37.6 Å². The number of carbonyl (C=O) groups is 1. The van der Waals surface area contributed by atoms with Gasteiger partial charge >= 0.3 is 0 Å². The van der Waals surface area contributed by atoms with Crippen molar-refractivity contribution in [3.8, 4) is 0 Å². The first-order valence-electron chi connectivity index (χ1n) is 7.63. The summed E-state index contributed by atoms with van der Waals surface area (Å²) in [6, 6.07) is 7.33. The molecule has 0 unspecified atom stereocenters. The number of fused-ring (bicyclic) bond motifs is 1. The SMILES string of the molecule is CC1(C)CC(=O)C2=C(C1)Nc1ncnn1[C@H]2c1ccc(Cl)cc1. The molecular formula is C17H17ClN4O. The van der Waals surface area contributed by atoms with Crippen LogP contribution in [0.4, 0.5) is 5.95 Å². The molecule has 2 aliphatic rings. The lowest BCUT2D eigenvalue weighted by atomic mass is 9.73. The first-order valence-corrected chi connectivity index (χ1v) is 8.01. The van der Waals surface area contributed by atoms with E-state index in [1.165, 1.54) is 6.33 Å². The third-order valence-corrected chi connectivity index (χ3v) is 4.71. The first-order chi connectivity index (χ1) is 10.9. The van der Waals surface area contributed by atoms with Gasteiger partial charge in [0.25, 0.3) is 0 Å². The Kier molecular flexibility index (Phi) is 3.10. The molecule has 1 N–H and O–H groups in total. The Balaban J connectivity index is 1.89. The maximum absolute atomic E-state index is 12.8. The van der Waals surface area contributed by atoms with E-state index in [2.05, 4.69) is 29.2 Å². The predicted molar refractivity (Wildman–Crippen MR) is 88.3 cm³/mol. The third-order valence-electron chi connectivity index (χ3n) is 4.46. The number of hydrogen-bond donors (Lipinski definition) is 1. The number of Topliss-reactive ketones (excluding diaryl/α,β-unsaturated/α-hetero) is 1. The van der Waals surface area contributed by atoms with Crippen LogP contribution in [0.2, 0.25) is 5.02 Å². The summed E-state index contributed by atoms with van der Waals surface area (Å²) in [5, 5.41) is 8.29. The van der Waals surface area contributed by atoms with Crippen molar-refractivity contribution in [3.63, 3.8) is 0 Å². The van der Waals surface area contributed by atoms with E-state index < -0.39 is 0 Å². The highest BCUT2D eigenvalue weighted by Gasteiger charge is 2.41.